The van der Waals surface area contributed by atoms with Crippen molar-refractivity contribution in [3.8, 4) is 0 Å². The summed E-state index contributed by atoms with van der Waals surface area (Å²) in [5, 5.41) is 4.03. The molecular formula is C13H22N2O3S. The van der Waals surface area contributed by atoms with Gasteiger partial charge >= 0.3 is 5.97 Å². The van der Waals surface area contributed by atoms with E-state index in [9.17, 15) is 4.79 Å². The predicted octanol–water partition coefficient (Wildman–Crippen LogP) is 2.71. The molecule has 0 fully saturated rings. The third kappa shape index (κ3) is 4.80. The predicted molar refractivity (Wildman–Crippen MR) is 77.0 cm³/mol. The van der Waals surface area contributed by atoms with Gasteiger partial charge in [-0.2, -0.15) is 0 Å². The number of methoxy groups -OCH3 is 2. The van der Waals surface area contributed by atoms with Gasteiger partial charge in [0.1, 0.15) is 4.88 Å². The van der Waals surface area contributed by atoms with Crippen molar-refractivity contribution >= 4 is 22.4 Å². The summed E-state index contributed by atoms with van der Waals surface area (Å²) in [6, 6.07) is 0. The van der Waals surface area contributed by atoms with E-state index in [2.05, 4.69) is 24.1 Å². The largest absolute Gasteiger partial charge is 0.465 e. The molecule has 0 spiro atoms. The second-order valence-corrected chi connectivity index (χ2v) is 6.18. The second-order valence-electron chi connectivity index (χ2n) is 5.19. The van der Waals surface area contributed by atoms with E-state index in [0.717, 1.165) is 24.7 Å². The molecule has 1 N–H and O–H groups in total. The summed E-state index contributed by atoms with van der Waals surface area (Å²) in [6.45, 7) is 7.66. The van der Waals surface area contributed by atoms with E-state index in [1.165, 1.54) is 18.4 Å². The van der Waals surface area contributed by atoms with Crippen molar-refractivity contribution in [2.45, 2.75) is 27.2 Å². The number of ether oxygens (including phenoxy) is 2. The summed E-state index contributed by atoms with van der Waals surface area (Å²) < 4.78 is 9.81. The second kappa shape index (κ2) is 6.86. The summed E-state index contributed by atoms with van der Waals surface area (Å²) in [5.41, 5.74) is 0.815. The molecular weight excluding hydrogens is 264 g/mol. The summed E-state index contributed by atoms with van der Waals surface area (Å²) in [5.74, 6) is -0.332. The van der Waals surface area contributed by atoms with Crippen LogP contribution in [0.4, 0.5) is 5.13 Å². The minimum Gasteiger partial charge on any atom is -0.465 e. The number of aryl methyl sites for hydroxylation is 1. The van der Waals surface area contributed by atoms with E-state index in [0.29, 0.717) is 10.6 Å². The quantitative estimate of drug-likeness (QED) is 0.781. The highest BCUT2D eigenvalue weighted by Crippen LogP contribution is 2.26. The molecule has 1 rings (SSSR count). The number of carbonyl (C=O) groups is 1. The van der Waals surface area contributed by atoms with Gasteiger partial charge in [-0.1, -0.05) is 25.2 Å². The van der Waals surface area contributed by atoms with Crippen LogP contribution in [0.2, 0.25) is 0 Å². The van der Waals surface area contributed by atoms with Crippen LogP contribution < -0.4 is 5.32 Å². The summed E-state index contributed by atoms with van der Waals surface area (Å²) in [6.07, 6.45) is 0.963. The van der Waals surface area contributed by atoms with Gasteiger partial charge in [0.2, 0.25) is 0 Å². The smallest absolute Gasteiger partial charge is 0.350 e. The Labute approximate surface area is 118 Å². The standard InChI is InChI=1S/C13H22N2O3S/c1-9-10(11(16)18-5)19-12(15-9)14-8-13(2,3)6-7-17-4/h6-8H2,1-5H3,(H,14,15). The van der Waals surface area contributed by atoms with Gasteiger partial charge in [0.25, 0.3) is 0 Å². The van der Waals surface area contributed by atoms with Crippen LogP contribution >= 0.6 is 11.3 Å². The van der Waals surface area contributed by atoms with Gasteiger partial charge in [-0.25, -0.2) is 9.78 Å². The molecule has 0 radical (unpaired) electrons. The van der Waals surface area contributed by atoms with Crippen LogP contribution in [0.3, 0.4) is 0 Å². The lowest BCUT2D eigenvalue weighted by Crippen LogP contribution is -2.24. The number of carbonyl (C=O) groups excluding carboxylic acids is 1. The fourth-order valence-electron chi connectivity index (χ4n) is 1.54. The van der Waals surface area contributed by atoms with Crippen LogP contribution in [0.25, 0.3) is 0 Å². The Morgan fingerprint density at radius 1 is 1.42 bits per heavy atom. The van der Waals surface area contributed by atoms with Crippen LogP contribution in [0.1, 0.15) is 35.6 Å². The van der Waals surface area contributed by atoms with Gasteiger partial charge in [-0.15, -0.1) is 0 Å². The zero-order valence-corrected chi connectivity index (χ0v) is 13.0. The average Bonchev–Trinajstić information content (AvgIpc) is 2.75. The van der Waals surface area contributed by atoms with Gasteiger partial charge in [-0.3, -0.25) is 0 Å². The fraction of sp³-hybridized carbons (Fsp3) is 0.692. The number of thiazole rings is 1. The number of rotatable bonds is 7. The van der Waals surface area contributed by atoms with Crippen molar-refractivity contribution in [3.05, 3.63) is 10.6 Å². The van der Waals surface area contributed by atoms with Gasteiger partial charge in [0.15, 0.2) is 5.13 Å². The third-order valence-corrected chi connectivity index (χ3v) is 3.96. The molecule has 0 aliphatic heterocycles. The molecule has 1 heterocycles. The first kappa shape index (κ1) is 15.9. The van der Waals surface area contributed by atoms with Crippen molar-refractivity contribution in [1.29, 1.82) is 0 Å². The molecule has 6 heteroatoms. The lowest BCUT2D eigenvalue weighted by Gasteiger charge is -2.24. The maximum Gasteiger partial charge on any atom is 0.350 e. The molecule has 0 aliphatic rings. The van der Waals surface area contributed by atoms with E-state index < -0.39 is 0 Å². The number of esters is 1. The molecule has 0 atom stereocenters. The highest BCUT2D eigenvalue weighted by molar-refractivity contribution is 7.17. The first-order chi connectivity index (χ1) is 8.89. The number of hydrogen-bond acceptors (Lipinski definition) is 6. The molecule has 5 nitrogen and oxygen atoms in total. The molecule has 0 saturated heterocycles. The molecule has 1 aromatic heterocycles. The van der Waals surface area contributed by atoms with E-state index in [4.69, 9.17) is 9.47 Å². The summed E-state index contributed by atoms with van der Waals surface area (Å²) in [4.78, 5) is 16.4. The van der Waals surface area contributed by atoms with E-state index in [1.54, 1.807) is 7.11 Å². The Morgan fingerprint density at radius 3 is 2.68 bits per heavy atom. The maximum atomic E-state index is 11.5. The van der Waals surface area contributed by atoms with E-state index >= 15 is 0 Å². The van der Waals surface area contributed by atoms with Crippen molar-refractivity contribution in [2.24, 2.45) is 5.41 Å². The maximum absolute atomic E-state index is 11.5. The van der Waals surface area contributed by atoms with Gasteiger partial charge in [0.05, 0.1) is 12.8 Å². The van der Waals surface area contributed by atoms with Crippen molar-refractivity contribution in [1.82, 2.24) is 4.98 Å². The Balaban J connectivity index is 2.61. The van der Waals surface area contributed by atoms with Crippen LogP contribution in [-0.2, 0) is 9.47 Å². The van der Waals surface area contributed by atoms with Crippen LogP contribution in [0.15, 0.2) is 0 Å². The van der Waals surface area contributed by atoms with Gasteiger partial charge < -0.3 is 14.8 Å². The fourth-order valence-corrected chi connectivity index (χ4v) is 2.42. The van der Waals surface area contributed by atoms with E-state index in [1.807, 2.05) is 6.92 Å². The third-order valence-electron chi connectivity index (χ3n) is 2.87. The Hall–Kier alpha value is -1.14. The molecule has 108 valence electrons. The van der Waals surface area contributed by atoms with Gasteiger partial charge in [0, 0.05) is 20.3 Å². The minimum atomic E-state index is -0.332. The molecule has 19 heavy (non-hydrogen) atoms. The number of nitrogens with one attached hydrogen (secondary N) is 1. The zero-order chi connectivity index (χ0) is 14.5. The first-order valence-electron chi connectivity index (χ1n) is 6.18. The molecule has 0 aliphatic carbocycles. The highest BCUT2D eigenvalue weighted by Gasteiger charge is 2.20. The molecule has 0 aromatic carbocycles. The normalized spacial score (nSPS) is 11.4. The van der Waals surface area contributed by atoms with E-state index in [-0.39, 0.29) is 11.4 Å². The molecule has 0 bridgehead atoms. The lowest BCUT2D eigenvalue weighted by molar-refractivity contribution is 0.0605. The number of aromatic nitrogens is 1. The highest BCUT2D eigenvalue weighted by atomic mass is 32.1. The molecule has 0 saturated carbocycles. The lowest BCUT2D eigenvalue weighted by atomic mass is 9.90. The van der Waals surface area contributed by atoms with Crippen molar-refractivity contribution < 1.29 is 14.3 Å². The summed E-state index contributed by atoms with van der Waals surface area (Å²) >= 11 is 1.33. The van der Waals surface area contributed by atoms with Crippen LogP contribution in [0, 0.1) is 12.3 Å². The number of anilines is 1. The summed E-state index contributed by atoms with van der Waals surface area (Å²) in [7, 11) is 3.08. The monoisotopic (exact) mass is 286 g/mol. The Morgan fingerprint density at radius 2 is 2.11 bits per heavy atom. The Kier molecular flexibility index (Phi) is 5.75. The molecule has 0 unspecified atom stereocenters. The topological polar surface area (TPSA) is 60.5 Å². The Bertz CT molecular complexity index is 430. The SMILES string of the molecule is COCCC(C)(C)CNc1nc(C)c(C(=O)OC)s1. The average molecular weight is 286 g/mol. The zero-order valence-electron chi connectivity index (χ0n) is 12.2. The van der Waals surface area contributed by atoms with Gasteiger partial charge in [-0.05, 0) is 18.8 Å². The first-order valence-corrected chi connectivity index (χ1v) is 7.00. The van der Waals surface area contributed by atoms with Crippen LogP contribution in [-0.4, -0.2) is 38.3 Å². The number of nitrogens with zero attached hydrogens (tertiary/aromatic N) is 1. The molecule has 0 amide bonds. The van der Waals surface area contributed by atoms with Crippen molar-refractivity contribution in [3.63, 3.8) is 0 Å². The molecule has 1 aromatic rings. The van der Waals surface area contributed by atoms with Crippen molar-refractivity contribution in [2.75, 3.05) is 32.7 Å². The minimum absolute atomic E-state index is 0.112. The number of hydrogen-bond donors (Lipinski definition) is 1. The van der Waals surface area contributed by atoms with Crippen LogP contribution in [0.5, 0.6) is 0 Å².